The van der Waals surface area contributed by atoms with E-state index in [4.69, 9.17) is 9.47 Å². The molecular weight excluding hydrogens is 408 g/mol. The number of hydrogen-bond donors (Lipinski definition) is 1. The van der Waals surface area contributed by atoms with Gasteiger partial charge < -0.3 is 9.47 Å². The zero-order valence-corrected chi connectivity index (χ0v) is 16.6. The number of nitrogens with one attached hydrogen (secondary N) is 1. The zero-order chi connectivity index (χ0) is 19.2. The summed E-state index contributed by atoms with van der Waals surface area (Å²) in [4.78, 5) is 12.5. The molecule has 0 fully saturated rings. The maximum absolute atomic E-state index is 12.5. The molecule has 1 N–H and O–H groups in total. The van der Waals surface area contributed by atoms with Gasteiger partial charge in [-0.2, -0.15) is 5.10 Å². The summed E-state index contributed by atoms with van der Waals surface area (Å²) in [6.45, 7) is 2.52. The van der Waals surface area contributed by atoms with Crippen LogP contribution in [0.2, 0.25) is 0 Å². The van der Waals surface area contributed by atoms with Crippen LogP contribution in [0.4, 0.5) is 0 Å². The number of methoxy groups -OCH3 is 1. The normalized spacial score (nSPS) is 10.9. The number of fused-ring (bicyclic) bond motifs is 1. The Morgan fingerprint density at radius 3 is 2.52 bits per heavy atom. The van der Waals surface area contributed by atoms with Crippen LogP contribution in [0.1, 0.15) is 22.8 Å². The van der Waals surface area contributed by atoms with E-state index >= 15 is 0 Å². The van der Waals surface area contributed by atoms with Crippen molar-refractivity contribution < 1.29 is 14.3 Å². The topological polar surface area (TPSA) is 59.9 Å². The molecule has 0 bridgehead atoms. The van der Waals surface area contributed by atoms with E-state index in [1.165, 1.54) is 0 Å². The molecule has 0 heterocycles. The van der Waals surface area contributed by atoms with Crippen molar-refractivity contribution in [3.8, 4) is 11.5 Å². The predicted molar refractivity (Wildman–Crippen MR) is 111 cm³/mol. The second-order valence-electron chi connectivity index (χ2n) is 5.72. The number of amides is 1. The molecule has 0 aliphatic rings. The number of carbonyl (C=O) groups excluding carboxylic acids is 1. The van der Waals surface area contributed by atoms with Crippen LogP contribution in [0, 0.1) is 0 Å². The molecule has 3 rings (SSSR count). The van der Waals surface area contributed by atoms with E-state index < -0.39 is 0 Å². The van der Waals surface area contributed by atoms with Crippen LogP contribution >= 0.6 is 15.9 Å². The van der Waals surface area contributed by atoms with Crippen LogP contribution in [-0.4, -0.2) is 25.8 Å². The summed E-state index contributed by atoms with van der Waals surface area (Å²) in [6, 6.07) is 17.0. The Bertz CT molecular complexity index is 1000. The van der Waals surface area contributed by atoms with Crippen molar-refractivity contribution in [3.63, 3.8) is 0 Å². The van der Waals surface area contributed by atoms with Crippen molar-refractivity contribution in [3.05, 3.63) is 70.2 Å². The molecule has 0 aromatic heterocycles. The van der Waals surface area contributed by atoms with Crippen molar-refractivity contribution in [2.24, 2.45) is 5.10 Å². The number of nitrogens with zero attached hydrogens (tertiary/aromatic N) is 1. The smallest absolute Gasteiger partial charge is 0.275 e. The van der Waals surface area contributed by atoms with Gasteiger partial charge in [0, 0.05) is 0 Å². The summed E-state index contributed by atoms with van der Waals surface area (Å²) < 4.78 is 11.7. The van der Waals surface area contributed by atoms with Gasteiger partial charge in [0.1, 0.15) is 11.5 Å². The van der Waals surface area contributed by atoms with Crippen molar-refractivity contribution in [1.29, 1.82) is 0 Å². The molecule has 138 valence electrons. The number of ether oxygens (including phenoxy) is 2. The van der Waals surface area contributed by atoms with Gasteiger partial charge in [0.2, 0.25) is 0 Å². The molecule has 27 heavy (non-hydrogen) atoms. The number of benzene rings is 3. The molecule has 1 amide bonds. The highest BCUT2D eigenvalue weighted by Gasteiger charge is 2.13. The Hall–Kier alpha value is -2.86. The van der Waals surface area contributed by atoms with Crippen LogP contribution < -0.4 is 14.9 Å². The van der Waals surface area contributed by atoms with Crippen LogP contribution in [0.15, 0.2) is 64.2 Å². The molecule has 0 radical (unpaired) electrons. The van der Waals surface area contributed by atoms with E-state index in [1.807, 2.05) is 55.5 Å². The third kappa shape index (κ3) is 4.46. The highest BCUT2D eigenvalue weighted by Crippen LogP contribution is 2.26. The number of hydrogen-bond acceptors (Lipinski definition) is 4. The molecule has 0 aliphatic carbocycles. The monoisotopic (exact) mass is 426 g/mol. The van der Waals surface area contributed by atoms with Crippen molar-refractivity contribution >= 4 is 38.8 Å². The Morgan fingerprint density at radius 2 is 1.85 bits per heavy atom. The fourth-order valence-electron chi connectivity index (χ4n) is 2.66. The third-order valence-electron chi connectivity index (χ3n) is 3.95. The Labute approximate surface area is 166 Å². The van der Waals surface area contributed by atoms with Gasteiger partial charge in [0.15, 0.2) is 0 Å². The summed E-state index contributed by atoms with van der Waals surface area (Å²) in [5.41, 5.74) is 3.81. The average Bonchev–Trinajstić information content (AvgIpc) is 2.69. The van der Waals surface area contributed by atoms with Gasteiger partial charge in [-0.3, -0.25) is 4.79 Å². The fourth-order valence-corrected chi connectivity index (χ4v) is 3.17. The van der Waals surface area contributed by atoms with Gasteiger partial charge in [0.05, 0.1) is 30.0 Å². The van der Waals surface area contributed by atoms with Gasteiger partial charge in [-0.25, -0.2) is 5.43 Å². The molecule has 3 aromatic rings. The Balaban J connectivity index is 1.76. The SMILES string of the molecule is CCOc1ccc(C=NNC(=O)c2cc3ccccc3cc2OC)cc1Br. The number of halogens is 1. The van der Waals surface area contributed by atoms with Crippen molar-refractivity contribution in [2.75, 3.05) is 13.7 Å². The Morgan fingerprint density at radius 1 is 1.11 bits per heavy atom. The molecule has 0 saturated heterocycles. The predicted octanol–water partition coefficient (Wildman–Crippen LogP) is 4.77. The Kier molecular flexibility index (Phi) is 6.08. The molecule has 0 saturated carbocycles. The van der Waals surface area contributed by atoms with E-state index in [1.54, 1.807) is 19.4 Å². The minimum absolute atomic E-state index is 0.334. The minimum Gasteiger partial charge on any atom is -0.496 e. The highest BCUT2D eigenvalue weighted by molar-refractivity contribution is 9.10. The third-order valence-corrected chi connectivity index (χ3v) is 4.57. The van der Waals surface area contributed by atoms with Crippen LogP contribution in [0.3, 0.4) is 0 Å². The first-order valence-electron chi connectivity index (χ1n) is 8.45. The summed E-state index contributed by atoms with van der Waals surface area (Å²) in [5.74, 6) is 0.934. The zero-order valence-electron chi connectivity index (χ0n) is 15.0. The first-order valence-corrected chi connectivity index (χ1v) is 9.24. The molecule has 0 atom stereocenters. The minimum atomic E-state index is -0.334. The average molecular weight is 427 g/mol. The largest absolute Gasteiger partial charge is 0.496 e. The summed E-state index contributed by atoms with van der Waals surface area (Å²) in [5, 5.41) is 6.02. The lowest BCUT2D eigenvalue weighted by Gasteiger charge is -2.09. The number of rotatable bonds is 6. The molecule has 6 heteroatoms. The number of carbonyl (C=O) groups is 1. The summed E-state index contributed by atoms with van der Waals surface area (Å²) in [6.07, 6.45) is 1.58. The molecule has 0 unspecified atom stereocenters. The summed E-state index contributed by atoms with van der Waals surface area (Å²) >= 11 is 3.46. The van der Waals surface area contributed by atoms with E-state index in [2.05, 4.69) is 26.5 Å². The summed E-state index contributed by atoms with van der Waals surface area (Å²) in [7, 11) is 1.54. The lowest BCUT2D eigenvalue weighted by Crippen LogP contribution is -2.18. The van der Waals surface area contributed by atoms with Gasteiger partial charge in [-0.05, 0) is 69.5 Å². The first kappa shape index (κ1) is 18.9. The lowest BCUT2D eigenvalue weighted by atomic mass is 10.1. The molecule has 0 aliphatic heterocycles. The van der Waals surface area contributed by atoms with Crippen LogP contribution in [0.5, 0.6) is 11.5 Å². The van der Waals surface area contributed by atoms with Gasteiger partial charge in [-0.15, -0.1) is 0 Å². The van der Waals surface area contributed by atoms with Gasteiger partial charge in [-0.1, -0.05) is 24.3 Å². The maximum Gasteiger partial charge on any atom is 0.275 e. The molecule has 3 aromatic carbocycles. The van der Waals surface area contributed by atoms with E-state index in [0.29, 0.717) is 17.9 Å². The van der Waals surface area contributed by atoms with Crippen LogP contribution in [0.25, 0.3) is 10.8 Å². The fraction of sp³-hybridized carbons (Fsp3) is 0.143. The lowest BCUT2D eigenvalue weighted by molar-refractivity contribution is 0.0952. The maximum atomic E-state index is 12.5. The molecule has 0 spiro atoms. The van der Waals surface area contributed by atoms with Crippen molar-refractivity contribution in [2.45, 2.75) is 6.92 Å². The molecular formula is C21H19BrN2O3. The second-order valence-corrected chi connectivity index (χ2v) is 6.58. The van der Waals surface area contributed by atoms with Gasteiger partial charge >= 0.3 is 0 Å². The first-order chi connectivity index (χ1) is 13.1. The number of hydrazone groups is 1. The quantitative estimate of drug-likeness (QED) is 0.455. The van der Waals surface area contributed by atoms with Gasteiger partial charge in [0.25, 0.3) is 5.91 Å². The van der Waals surface area contributed by atoms with E-state index in [9.17, 15) is 4.79 Å². The van der Waals surface area contributed by atoms with Crippen LogP contribution in [-0.2, 0) is 0 Å². The second kappa shape index (κ2) is 8.68. The molecule has 5 nitrogen and oxygen atoms in total. The van der Waals surface area contributed by atoms with Crippen molar-refractivity contribution in [1.82, 2.24) is 5.43 Å². The van der Waals surface area contributed by atoms with E-state index in [-0.39, 0.29) is 5.91 Å². The highest BCUT2D eigenvalue weighted by atomic mass is 79.9. The standard InChI is InChI=1S/C21H19BrN2O3/c1-3-27-19-9-8-14(10-18(19)22)13-23-24-21(25)17-11-15-6-4-5-7-16(15)12-20(17)26-2/h4-13H,3H2,1-2H3,(H,24,25). The van der Waals surface area contributed by atoms with E-state index in [0.717, 1.165) is 26.6 Å².